The van der Waals surface area contributed by atoms with Crippen LogP contribution in [0.25, 0.3) is 0 Å². The molecular formula is C25H21FN2O2. The first-order valence-corrected chi connectivity index (χ1v) is 9.93. The second kappa shape index (κ2) is 8.38. The van der Waals surface area contributed by atoms with E-state index in [1.165, 1.54) is 12.1 Å². The van der Waals surface area contributed by atoms with Gasteiger partial charge in [0.1, 0.15) is 5.82 Å². The Balaban J connectivity index is 1.73. The fraction of sp³-hybridized carbons (Fsp3) is 0.200. The highest BCUT2D eigenvalue weighted by atomic mass is 19.1. The molecule has 0 aromatic heterocycles. The lowest BCUT2D eigenvalue weighted by Gasteiger charge is -2.28. The molecule has 0 aliphatic carbocycles. The minimum atomic E-state index is -0.353. The molecule has 0 amide bonds. The van der Waals surface area contributed by atoms with E-state index in [1.807, 2.05) is 30.3 Å². The molecule has 0 N–H and O–H groups in total. The van der Waals surface area contributed by atoms with Gasteiger partial charge in [0.15, 0.2) is 0 Å². The molecule has 0 bridgehead atoms. The lowest BCUT2D eigenvalue weighted by atomic mass is 10.0. The van der Waals surface area contributed by atoms with Gasteiger partial charge >= 0.3 is 5.97 Å². The predicted octanol–water partition coefficient (Wildman–Crippen LogP) is 5.18. The Morgan fingerprint density at radius 2 is 1.97 bits per heavy atom. The third-order valence-electron chi connectivity index (χ3n) is 5.31. The van der Waals surface area contributed by atoms with Gasteiger partial charge in [-0.15, -0.1) is 0 Å². The summed E-state index contributed by atoms with van der Waals surface area (Å²) in [4.78, 5) is 14.4. The topological polar surface area (TPSA) is 53.3 Å². The van der Waals surface area contributed by atoms with Crippen molar-refractivity contribution in [2.45, 2.75) is 25.8 Å². The van der Waals surface area contributed by atoms with Crippen LogP contribution < -0.4 is 4.90 Å². The highest BCUT2D eigenvalue weighted by molar-refractivity contribution is 5.91. The number of hydrogen-bond acceptors (Lipinski definition) is 4. The highest BCUT2D eigenvalue weighted by Gasteiger charge is 2.31. The predicted molar refractivity (Wildman–Crippen MR) is 113 cm³/mol. The van der Waals surface area contributed by atoms with Crippen molar-refractivity contribution in [2.75, 3.05) is 11.5 Å². The molecule has 30 heavy (non-hydrogen) atoms. The summed E-state index contributed by atoms with van der Waals surface area (Å²) >= 11 is 0. The number of halogens is 1. The quantitative estimate of drug-likeness (QED) is 0.554. The smallest absolute Gasteiger partial charge is 0.338 e. The Bertz CT molecular complexity index is 1120. The van der Waals surface area contributed by atoms with Crippen molar-refractivity contribution < 1.29 is 13.9 Å². The number of nitrogens with zero attached hydrogens (tertiary/aromatic N) is 2. The Hall–Kier alpha value is -3.65. The van der Waals surface area contributed by atoms with Gasteiger partial charge in [-0.2, -0.15) is 5.26 Å². The van der Waals surface area contributed by atoms with Crippen LogP contribution in [-0.4, -0.2) is 18.6 Å². The van der Waals surface area contributed by atoms with Gasteiger partial charge in [-0.1, -0.05) is 18.2 Å². The molecule has 1 atom stereocenters. The maximum Gasteiger partial charge on any atom is 0.338 e. The lowest BCUT2D eigenvalue weighted by Crippen LogP contribution is -2.29. The fourth-order valence-electron chi connectivity index (χ4n) is 4.00. The van der Waals surface area contributed by atoms with E-state index in [1.54, 1.807) is 31.2 Å². The van der Waals surface area contributed by atoms with Gasteiger partial charge in [-0.3, -0.25) is 0 Å². The van der Waals surface area contributed by atoms with Crippen molar-refractivity contribution in [3.8, 4) is 6.07 Å². The van der Waals surface area contributed by atoms with Crippen molar-refractivity contribution in [2.24, 2.45) is 0 Å². The van der Waals surface area contributed by atoms with Gasteiger partial charge in [-0.25, -0.2) is 9.18 Å². The number of carbonyl (C=O) groups excluding carboxylic acids is 1. The molecule has 5 heteroatoms. The van der Waals surface area contributed by atoms with Crippen LogP contribution in [0.15, 0.2) is 66.7 Å². The Morgan fingerprint density at radius 3 is 2.70 bits per heavy atom. The van der Waals surface area contributed by atoms with Gasteiger partial charge in [0.2, 0.25) is 0 Å². The average molecular weight is 400 g/mol. The maximum atomic E-state index is 13.3. The summed E-state index contributed by atoms with van der Waals surface area (Å²) in [5, 5.41) is 9.28. The van der Waals surface area contributed by atoms with Crippen LogP contribution >= 0.6 is 0 Å². The lowest BCUT2D eigenvalue weighted by molar-refractivity contribution is 0.0526. The number of ether oxygens (including phenoxy) is 1. The summed E-state index contributed by atoms with van der Waals surface area (Å²) in [5.41, 5.74) is 5.13. The van der Waals surface area contributed by atoms with Crippen LogP contribution in [-0.2, 0) is 17.6 Å². The molecule has 0 saturated heterocycles. The molecule has 3 aromatic rings. The van der Waals surface area contributed by atoms with Gasteiger partial charge in [0.25, 0.3) is 0 Å². The van der Waals surface area contributed by atoms with E-state index in [2.05, 4.69) is 11.0 Å². The zero-order valence-electron chi connectivity index (χ0n) is 16.6. The van der Waals surface area contributed by atoms with Gasteiger partial charge in [0, 0.05) is 17.4 Å². The number of carbonyl (C=O) groups is 1. The van der Waals surface area contributed by atoms with Crippen LogP contribution in [0.3, 0.4) is 0 Å². The summed E-state index contributed by atoms with van der Waals surface area (Å²) in [6, 6.07) is 21.9. The number of hydrogen-bond donors (Lipinski definition) is 0. The van der Waals surface area contributed by atoms with E-state index in [9.17, 15) is 14.4 Å². The molecular weight excluding hydrogens is 379 g/mol. The zero-order chi connectivity index (χ0) is 21.1. The van der Waals surface area contributed by atoms with Gasteiger partial charge < -0.3 is 9.64 Å². The summed E-state index contributed by atoms with van der Waals surface area (Å²) < 4.78 is 18.5. The second-order valence-electron chi connectivity index (χ2n) is 7.28. The first-order valence-electron chi connectivity index (χ1n) is 9.93. The number of fused-ring (bicyclic) bond motifs is 1. The van der Waals surface area contributed by atoms with Crippen LogP contribution in [0.4, 0.5) is 15.8 Å². The number of rotatable bonds is 5. The monoisotopic (exact) mass is 400 g/mol. The Labute approximate surface area is 175 Å². The first-order chi connectivity index (χ1) is 14.6. The largest absolute Gasteiger partial charge is 0.462 e. The molecule has 150 valence electrons. The molecule has 0 saturated carbocycles. The SMILES string of the molecule is CCOC(=O)c1cccc(N2c3ccc(C#N)cc3CC2Cc2ccc(F)cc2)c1. The Morgan fingerprint density at radius 1 is 1.17 bits per heavy atom. The normalized spacial score (nSPS) is 14.8. The number of anilines is 2. The minimum absolute atomic E-state index is 0.0804. The van der Waals surface area contributed by atoms with E-state index in [-0.39, 0.29) is 17.8 Å². The van der Waals surface area contributed by atoms with Crippen molar-refractivity contribution in [3.63, 3.8) is 0 Å². The van der Waals surface area contributed by atoms with E-state index in [0.717, 1.165) is 28.9 Å². The molecule has 4 nitrogen and oxygen atoms in total. The number of benzene rings is 3. The zero-order valence-corrected chi connectivity index (χ0v) is 16.6. The van der Waals surface area contributed by atoms with Crippen molar-refractivity contribution in [1.29, 1.82) is 5.26 Å². The van der Waals surface area contributed by atoms with E-state index in [4.69, 9.17) is 4.74 Å². The molecule has 4 rings (SSSR count). The van der Waals surface area contributed by atoms with Crippen LogP contribution in [0.1, 0.15) is 34.0 Å². The van der Waals surface area contributed by atoms with E-state index in [0.29, 0.717) is 24.2 Å². The standard InChI is InChI=1S/C25H21FN2O2/c1-2-30-25(29)19-4-3-5-22(14-19)28-23(13-17-6-9-21(26)10-7-17)15-20-12-18(16-27)8-11-24(20)28/h3-12,14,23H,2,13,15H2,1H3. The molecule has 1 aliphatic rings. The summed E-state index contributed by atoms with van der Waals surface area (Å²) in [6.07, 6.45) is 1.46. The third kappa shape index (κ3) is 3.90. The van der Waals surface area contributed by atoms with Gasteiger partial charge in [0.05, 0.1) is 23.8 Å². The second-order valence-corrected chi connectivity index (χ2v) is 7.28. The van der Waals surface area contributed by atoms with E-state index < -0.39 is 0 Å². The first kappa shape index (κ1) is 19.7. The highest BCUT2D eigenvalue weighted by Crippen LogP contribution is 2.40. The molecule has 1 aliphatic heterocycles. The van der Waals surface area contributed by atoms with Crippen molar-refractivity contribution in [3.05, 3.63) is 94.8 Å². The molecule has 3 aromatic carbocycles. The summed E-state index contributed by atoms with van der Waals surface area (Å²) in [7, 11) is 0. The molecule has 0 spiro atoms. The van der Waals surface area contributed by atoms with Crippen LogP contribution in [0.5, 0.6) is 0 Å². The fourth-order valence-corrected chi connectivity index (χ4v) is 4.00. The Kier molecular flexibility index (Phi) is 5.49. The maximum absolute atomic E-state index is 13.3. The summed E-state index contributed by atoms with van der Waals surface area (Å²) in [5.74, 6) is -0.611. The molecule has 1 unspecified atom stereocenters. The average Bonchev–Trinajstić information content (AvgIpc) is 3.12. The van der Waals surface area contributed by atoms with E-state index >= 15 is 0 Å². The van der Waals surface area contributed by atoms with Gasteiger partial charge in [-0.05, 0) is 79.4 Å². The van der Waals surface area contributed by atoms with Crippen LogP contribution in [0, 0.1) is 17.1 Å². The van der Waals surface area contributed by atoms with Crippen molar-refractivity contribution in [1.82, 2.24) is 0 Å². The minimum Gasteiger partial charge on any atom is -0.462 e. The van der Waals surface area contributed by atoms with Crippen molar-refractivity contribution >= 4 is 17.3 Å². The molecule has 1 heterocycles. The molecule has 0 fully saturated rings. The summed E-state index contributed by atoms with van der Waals surface area (Å²) in [6.45, 7) is 2.10. The third-order valence-corrected chi connectivity index (χ3v) is 5.31. The number of nitriles is 1. The van der Waals surface area contributed by atoms with Crippen LogP contribution in [0.2, 0.25) is 0 Å². The number of esters is 1. The molecule has 0 radical (unpaired) electrons.